The summed E-state index contributed by atoms with van der Waals surface area (Å²) < 4.78 is 3.46. The summed E-state index contributed by atoms with van der Waals surface area (Å²) >= 11 is 0. The number of hydrogen-bond donors (Lipinski definition) is 0. The monoisotopic (exact) mass is 381 g/mol. The van der Waals surface area contributed by atoms with E-state index in [1.807, 2.05) is 41.0 Å². The van der Waals surface area contributed by atoms with Gasteiger partial charge in [0.1, 0.15) is 17.2 Å². The zero-order chi connectivity index (χ0) is 20.0. The molecule has 0 aliphatic carbocycles. The summed E-state index contributed by atoms with van der Waals surface area (Å²) in [5, 5.41) is 0.474. The SMILES string of the molecule is C=CCn1cnc2c(c1=O)c1nc3ccccc3nc1n2-c1ccc(CC)cc1. The van der Waals surface area contributed by atoms with Crippen molar-refractivity contribution in [2.45, 2.75) is 19.9 Å². The highest BCUT2D eigenvalue weighted by Gasteiger charge is 2.20. The van der Waals surface area contributed by atoms with Crippen LogP contribution < -0.4 is 5.56 Å². The van der Waals surface area contributed by atoms with Gasteiger partial charge < -0.3 is 0 Å². The van der Waals surface area contributed by atoms with Crippen LogP contribution in [0.15, 0.2) is 72.3 Å². The van der Waals surface area contributed by atoms with Crippen LogP contribution in [0.3, 0.4) is 0 Å². The maximum atomic E-state index is 13.2. The maximum Gasteiger partial charge on any atom is 0.265 e. The predicted molar refractivity (Wildman–Crippen MR) is 116 cm³/mol. The Balaban J connectivity index is 1.95. The van der Waals surface area contributed by atoms with Crippen LogP contribution in [-0.2, 0) is 13.0 Å². The molecule has 6 nitrogen and oxygen atoms in total. The fraction of sp³-hybridized carbons (Fsp3) is 0.130. The summed E-state index contributed by atoms with van der Waals surface area (Å²) in [7, 11) is 0. The first-order chi connectivity index (χ1) is 14.2. The Labute approximate surface area is 166 Å². The van der Waals surface area contributed by atoms with Gasteiger partial charge in [0.25, 0.3) is 5.56 Å². The minimum Gasteiger partial charge on any atom is -0.295 e. The van der Waals surface area contributed by atoms with Crippen molar-refractivity contribution in [1.82, 2.24) is 24.1 Å². The minimum absolute atomic E-state index is 0.145. The highest BCUT2D eigenvalue weighted by Crippen LogP contribution is 2.28. The van der Waals surface area contributed by atoms with Crippen LogP contribution in [0.2, 0.25) is 0 Å². The van der Waals surface area contributed by atoms with Crippen LogP contribution in [-0.4, -0.2) is 24.1 Å². The molecule has 0 bridgehead atoms. The lowest BCUT2D eigenvalue weighted by Crippen LogP contribution is -2.20. The number of fused-ring (bicyclic) bond motifs is 4. The van der Waals surface area contributed by atoms with E-state index in [2.05, 4.69) is 30.6 Å². The van der Waals surface area contributed by atoms with E-state index in [1.54, 1.807) is 12.4 Å². The van der Waals surface area contributed by atoms with Crippen molar-refractivity contribution < 1.29 is 0 Å². The van der Waals surface area contributed by atoms with Gasteiger partial charge in [-0.05, 0) is 36.2 Å². The summed E-state index contributed by atoms with van der Waals surface area (Å²) in [6.45, 7) is 6.24. The molecule has 0 spiro atoms. The summed E-state index contributed by atoms with van der Waals surface area (Å²) in [5.74, 6) is 0. The average molecular weight is 381 g/mol. The molecular weight excluding hydrogens is 362 g/mol. The molecule has 6 heteroatoms. The first-order valence-electron chi connectivity index (χ1n) is 9.58. The number of aryl methyl sites for hydroxylation is 1. The molecule has 0 N–H and O–H groups in total. The number of para-hydroxylation sites is 2. The Hall–Kier alpha value is -3.80. The van der Waals surface area contributed by atoms with Crippen LogP contribution in [0.1, 0.15) is 12.5 Å². The number of nitrogens with zero attached hydrogens (tertiary/aromatic N) is 5. The Morgan fingerprint density at radius 1 is 1.00 bits per heavy atom. The molecule has 142 valence electrons. The average Bonchev–Trinajstić information content (AvgIpc) is 3.08. The van der Waals surface area contributed by atoms with Crippen LogP contribution in [0.4, 0.5) is 0 Å². The van der Waals surface area contributed by atoms with E-state index in [-0.39, 0.29) is 5.56 Å². The summed E-state index contributed by atoms with van der Waals surface area (Å²) in [6, 6.07) is 15.9. The molecule has 3 aromatic heterocycles. The van der Waals surface area contributed by atoms with Gasteiger partial charge in [-0.2, -0.15) is 0 Å². The molecule has 0 atom stereocenters. The number of aromatic nitrogens is 5. The molecule has 0 radical (unpaired) electrons. The third-order valence-corrected chi connectivity index (χ3v) is 5.16. The predicted octanol–water partition coefficient (Wildman–Crippen LogP) is 4.03. The second-order valence-electron chi connectivity index (χ2n) is 6.93. The third-order valence-electron chi connectivity index (χ3n) is 5.16. The zero-order valence-corrected chi connectivity index (χ0v) is 16.0. The van der Waals surface area contributed by atoms with E-state index >= 15 is 0 Å². The molecule has 3 heterocycles. The normalized spacial score (nSPS) is 11.5. The smallest absolute Gasteiger partial charge is 0.265 e. The van der Waals surface area contributed by atoms with E-state index in [1.165, 1.54) is 10.1 Å². The van der Waals surface area contributed by atoms with Crippen molar-refractivity contribution in [3.8, 4) is 5.69 Å². The second-order valence-corrected chi connectivity index (χ2v) is 6.93. The van der Waals surface area contributed by atoms with Gasteiger partial charge >= 0.3 is 0 Å². The lowest BCUT2D eigenvalue weighted by Gasteiger charge is -2.08. The summed E-state index contributed by atoms with van der Waals surface area (Å²) in [5.41, 5.74) is 5.28. The maximum absolute atomic E-state index is 13.2. The van der Waals surface area contributed by atoms with Crippen LogP contribution in [0.5, 0.6) is 0 Å². The van der Waals surface area contributed by atoms with Gasteiger partial charge in [0, 0.05) is 12.2 Å². The number of allylic oxidation sites excluding steroid dienone is 1. The van der Waals surface area contributed by atoms with Crippen molar-refractivity contribution in [2.24, 2.45) is 0 Å². The van der Waals surface area contributed by atoms with Crippen molar-refractivity contribution in [1.29, 1.82) is 0 Å². The standard InChI is InChI=1S/C23H19N5O/c1-3-13-27-14-24-21-19(23(27)29)20-22(26-18-8-6-5-7-17(18)25-20)28(21)16-11-9-15(4-2)10-12-16/h3,5-12,14H,1,4,13H2,2H3. The highest BCUT2D eigenvalue weighted by atomic mass is 16.1. The van der Waals surface area contributed by atoms with E-state index < -0.39 is 0 Å². The second kappa shape index (κ2) is 6.67. The molecule has 29 heavy (non-hydrogen) atoms. The highest BCUT2D eigenvalue weighted by molar-refractivity contribution is 6.05. The number of hydrogen-bond acceptors (Lipinski definition) is 4. The molecule has 0 fully saturated rings. The summed E-state index contributed by atoms with van der Waals surface area (Å²) in [6.07, 6.45) is 4.20. The number of rotatable bonds is 4. The molecule has 0 saturated heterocycles. The van der Waals surface area contributed by atoms with Gasteiger partial charge in [-0.15, -0.1) is 6.58 Å². The van der Waals surface area contributed by atoms with Crippen molar-refractivity contribution in [3.05, 3.63) is 83.4 Å². The molecule has 0 saturated carbocycles. The van der Waals surface area contributed by atoms with Gasteiger partial charge in [-0.3, -0.25) is 13.9 Å². The molecule has 0 aliphatic heterocycles. The molecule has 0 aliphatic rings. The molecule has 5 aromatic rings. The molecule has 5 rings (SSSR count). The van der Waals surface area contributed by atoms with Crippen LogP contribution in [0.25, 0.3) is 38.9 Å². The van der Waals surface area contributed by atoms with Crippen molar-refractivity contribution >= 4 is 33.2 Å². The van der Waals surface area contributed by atoms with E-state index in [0.717, 1.165) is 23.1 Å². The van der Waals surface area contributed by atoms with Crippen molar-refractivity contribution in [3.63, 3.8) is 0 Å². The summed E-state index contributed by atoms with van der Waals surface area (Å²) in [4.78, 5) is 27.4. The molecule has 0 amide bonds. The fourth-order valence-electron chi connectivity index (χ4n) is 3.67. The minimum atomic E-state index is -0.145. The van der Waals surface area contributed by atoms with Crippen molar-refractivity contribution in [2.75, 3.05) is 0 Å². The van der Waals surface area contributed by atoms with Gasteiger partial charge in [0.05, 0.1) is 11.0 Å². The van der Waals surface area contributed by atoms with E-state index in [4.69, 9.17) is 9.97 Å². The van der Waals surface area contributed by atoms with E-state index in [0.29, 0.717) is 28.7 Å². The topological polar surface area (TPSA) is 65.6 Å². The zero-order valence-electron chi connectivity index (χ0n) is 16.0. The van der Waals surface area contributed by atoms with Gasteiger partial charge in [-0.25, -0.2) is 15.0 Å². The van der Waals surface area contributed by atoms with E-state index in [9.17, 15) is 4.79 Å². The Morgan fingerprint density at radius 2 is 1.72 bits per heavy atom. The molecule has 2 aromatic carbocycles. The Morgan fingerprint density at radius 3 is 2.41 bits per heavy atom. The molecule has 0 unspecified atom stereocenters. The van der Waals surface area contributed by atoms with Crippen LogP contribution >= 0.6 is 0 Å². The van der Waals surface area contributed by atoms with Gasteiger partial charge in [0.2, 0.25) is 0 Å². The lowest BCUT2D eigenvalue weighted by molar-refractivity contribution is 0.766. The first-order valence-corrected chi connectivity index (χ1v) is 9.58. The fourth-order valence-corrected chi connectivity index (χ4v) is 3.67. The third kappa shape index (κ3) is 2.64. The Bertz CT molecular complexity index is 1440. The number of benzene rings is 2. The quantitative estimate of drug-likeness (QED) is 0.441. The molecular formula is C23H19N5O. The first kappa shape index (κ1) is 17.3. The van der Waals surface area contributed by atoms with Crippen LogP contribution in [0, 0.1) is 0 Å². The lowest BCUT2D eigenvalue weighted by atomic mass is 10.1. The van der Waals surface area contributed by atoms with Gasteiger partial charge in [-0.1, -0.05) is 37.3 Å². The largest absolute Gasteiger partial charge is 0.295 e. The van der Waals surface area contributed by atoms with Gasteiger partial charge in [0.15, 0.2) is 11.3 Å². The Kier molecular flexibility index (Phi) is 3.98.